The molecule has 0 aliphatic carbocycles. The van der Waals surface area contributed by atoms with Gasteiger partial charge in [-0.15, -0.1) is 12.4 Å². The average Bonchev–Trinajstić information content (AvgIpc) is 3.24. The molecule has 22 heavy (non-hydrogen) atoms. The number of rotatable bonds is 3. The van der Waals surface area contributed by atoms with E-state index >= 15 is 0 Å². The van der Waals surface area contributed by atoms with Crippen LogP contribution in [0.4, 0.5) is 0 Å². The molecule has 2 aromatic rings. The highest BCUT2D eigenvalue weighted by molar-refractivity contribution is 5.85. The SMILES string of the molecule is Cl.c1ccc(-n2ccc(CN3CCC4(CCNC4)C3)n2)cc1. The summed E-state index contributed by atoms with van der Waals surface area (Å²) in [6, 6.07) is 12.5. The van der Waals surface area contributed by atoms with Gasteiger partial charge in [0.25, 0.3) is 0 Å². The second-order valence-electron chi connectivity index (χ2n) is 6.47. The Morgan fingerprint density at radius 3 is 2.77 bits per heavy atom. The third-order valence-electron chi connectivity index (χ3n) is 4.90. The lowest BCUT2D eigenvalue weighted by atomic mass is 9.87. The van der Waals surface area contributed by atoms with Crippen LogP contribution in [0.3, 0.4) is 0 Å². The minimum Gasteiger partial charge on any atom is -0.316 e. The third kappa shape index (κ3) is 3.05. The van der Waals surface area contributed by atoms with E-state index in [0.717, 1.165) is 12.2 Å². The lowest BCUT2D eigenvalue weighted by Gasteiger charge is -2.22. The fraction of sp³-hybridized carbons (Fsp3) is 0.471. The molecule has 4 nitrogen and oxygen atoms in total. The first kappa shape index (κ1) is 15.5. The molecule has 1 aromatic heterocycles. The maximum atomic E-state index is 4.72. The Kier molecular flexibility index (Phi) is 4.52. The normalized spacial score (nSPS) is 24.7. The second kappa shape index (κ2) is 6.41. The molecule has 2 fully saturated rings. The molecule has 1 unspecified atom stereocenters. The number of nitrogens with one attached hydrogen (secondary N) is 1. The Morgan fingerprint density at radius 1 is 1.14 bits per heavy atom. The van der Waals surface area contributed by atoms with Gasteiger partial charge >= 0.3 is 0 Å². The van der Waals surface area contributed by atoms with E-state index in [-0.39, 0.29) is 12.4 Å². The van der Waals surface area contributed by atoms with Gasteiger partial charge in [0.15, 0.2) is 0 Å². The van der Waals surface area contributed by atoms with Gasteiger partial charge in [-0.1, -0.05) is 18.2 Å². The summed E-state index contributed by atoms with van der Waals surface area (Å²) in [5.74, 6) is 0. The molecular formula is C17H23ClN4. The molecule has 0 amide bonds. The summed E-state index contributed by atoms with van der Waals surface area (Å²) in [7, 11) is 0. The molecule has 1 atom stereocenters. The van der Waals surface area contributed by atoms with Gasteiger partial charge in [-0.3, -0.25) is 4.90 Å². The predicted molar refractivity (Wildman–Crippen MR) is 90.6 cm³/mol. The van der Waals surface area contributed by atoms with Crippen molar-refractivity contribution < 1.29 is 0 Å². The topological polar surface area (TPSA) is 33.1 Å². The quantitative estimate of drug-likeness (QED) is 0.944. The van der Waals surface area contributed by atoms with Crippen molar-refractivity contribution in [3.8, 4) is 5.69 Å². The van der Waals surface area contributed by atoms with Crippen molar-refractivity contribution in [2.45, 2.75) is 19.4 Å². The van der Waals surface area contributed by atoms with Crippen molar-refractivity contribution in [3.63, 3.8) is 0 Å². The molecule has 2 aliphatic rings. The van der Waals surface area contributed by atoms with Crippen LogP contribution in [0.1, 0.15) is 18.5 Å². The third-order valence-corrected chi connectivity index (χ3v) is 4.90. The van der Waals surface area contributed by atoms with Gasteiger partial charge < -0.3 is 5.32 Å². The minimum atomic E-state index is 0. The molecule has 5 heteroatoms. The molecule has 1 aromatic carbocycles. The van der Waals surface area contributed by atoms with Gasteiger partial charge in [-0.2, -0.15) is 5.10 Å². The largest absolute Gasteiger partial charge is 0.316 e. The van der Waals surface area contributed by atoms with Crippen molar-refractivity contribution in [1.29, 1.82) is 0 Å². The molecule has 2 saturated heterocycles. The highest BCUT2D eigenvalue weighted by Crippen LogP contribution is 2.36. The Balaban J connectivity index is 0.00000144. The summed E-state index contributed by atoms with van der Waals surface area (Å²) in [6.07, 6.45) is 4.73. The fourth-order valence-electron chi connectivity index (χ4n) is 3.71. The zero-order valence-corrected chi connectivity index (χ0v) is 13.6. The Labute approximate surface area is 137 Å². The smallest absolute Gasteiger partial charge is 0.0769 e. The predicted octanol–water partition coefficient (Wildman–Crippen LogP) is 2.48. The van der Waals surface area contributed by atoms with Crippen LogP contribution in [0.25, 0.3) is 5.69 Å². The summed E-state index contributed by atoms with van der Waals surface area (Å²) in [4.78, 5) is 2.56. The number of para-hydroxylation sites is 1. The van der Waals surface area contributed by atoms with E-state index < -0.39 is 0 Å². The Hall–Kier alpha value is -1.36. The monoisotopic (exact) mass is 318 g/mol. The van der Waals surface area contributed by atoms with E-state index in [4.69, 9.17) is 5.10 Å². The van der Waals surface area contributed by atoms with Crippen LogP contribution in [0.5, 0.6) is 0 Å². The van der Waals surface area contributed by atoms with Crippen LogP contribution in [-0.2, 0) is 6.54 Å². The Bertz CT molecular complexity index is 604. The molecule has 3 heterocycles. The van der Waals surface area contributed by atoms with Crippen molar-refractivity contribution in [3.05, 3.63) is 48.3 Å². The summed E-state index contributed by atoms with van der Waals surface area (Å²) >= 11 is 0. The maximum Gasteiger partial charge on any atom is 0.0769 e. The lowest BCUT2D eigenvalue weighted by molar-refractivity contribution is 0.266. The van der Waals surface area contributed by atoms with E-state index in [2.05, 4.69) is 34.6 Å². The van der Waals surface area contributed by atoms with Crippen LogP contribution in [0.15, 0.2) is 42.6 Å². The standard InChI is InChI=1S/C17H22N4.ClH/c1-2-4-16(5-3-1)21-10-6-15(19-21)12-20-11-8-17(14-20)7-9-18-13-17;/h1-6,10,18H,7-9,11-14H2;1H. The average molecular weight is 319 g/mol. The van der Waals surface area contributed by atoms with Crippen molar-refractivity contribution in [2.24, 2.45) is 5.41 Å². The second-order valence-corrected chi connectivity index (χ2v) is 6.47. The molecular weight excluding hydrogens is 296 g/mol. The van der Waals surface area contributed by atoms with Gasteiger partial charge in [0, 0.05) is 25.8 Å². The number of hydrogen-bond donors (Lipinski definition) is 1. The number of benzene rings is 1. The van der Waals surface area contributed by atoms with E-state index in [1.807, 2.05) is 22.9 Å². The highest BCUT2D eigenvalue weighted by Gasteiger charge is 2.40. The first-order valence-corrected chi connectivity index (χ1v) is 7.86. The molecule has 1 N–H and O–H groups in total. The van der Waals surface area contributed by atoms with Crippen LogP contribution >= 0.6 is 12.4 Å². The molecule has 0 radical (unpaired) electrons. The van der Waals surface area contributed by atoms with Gasteiger partial charge in [0.1, 0.15) is 0 Å². The van der Waals surface area contributed by atoms with Crippen molar-refractivity contribution in [2.75, 3.05) is 26.2 Å². The molecule has 2 aliphatic heterocycles. The van der Waals surface area contributed by atoms with Crippen molar-refractivity contribution >= 4 is 12.4 Å². The molecule has 0 saturated carbocycles. The number of likely N-dealkylation sites (tertiary alicyclic amines) is 1. The summed E-state index contributed by atoms with van der Waals surface area (Å²) in [5.41, 5.74) is 2.84. The minimum absolute atomic E-state index is 0. The number of halogens is 1. The number of hydrogen-bond acceptors (Lipinski definition) is 3. The lowest BCUT2D eigenvalue weighted by Crippen LogP contribution is -2.29. The number of aromatic nitrogens is 2. The molecule has 1 spiro atoms. The maximum absolute atomic E-state index is 4.72. The van der Waals surface area contributed by atoms with Crippen LogP contribution < -0.4 is 5.32 Å². The summed E-state index contributed by atoms with van der Waals surface area (Å²) in [6.45, 7) is 5.79. The van der Waals surface area contributed by atoms with Gasteiger partial charge in [-0.05, 0) is 49.5 Å². The van der Waals surface area contributed by atoms with Crippen LogP contribution in [-0.4, -0.2) is 40.9 Å². The molecule has 4 rings (SSSR count). The van der Waals surface area contributed by atoms with E-state index in [9.17, 15) is 0 Å². The Morgan fingerprint density at radius 2 is 2.00 bits per heavy atom. The summed E-state index contributed by atoms with van der Waals surface area (Å²) in [5, 5.41) is 8.24. The van der Waals surface area contributed by atoms with E-state index in [0.29, 0.717) is 5.41 Å². The highest BCUT2D eigenvalue weighted by atomic mass is 35.5. The van der Waals surface area contributed by atoms with Crippen LogP contribution in [0.2, 0.25) is 0 Å². The molecule has 118 valence electrons. The van der Waals surface area contributed by atoms with Gasteiger partial charge in [0.05, 0.1) is 11.4 Å². The van der Waals surface area contributed by atoms with Crippen LogP contribution in [0, 0.1) is 5.41 Å². The van der Waals surface area contributed by atoms with Crippen molar-refractivity contribution in [1.82, 2.24) is 20.0 Å². The zero-order valence-electron chi connectivity index (χ0n) is 12.7. The van der Waals surface area contributed by atoms with E-state index in [1.54, 1.807) is 0 Å². The van der Waals surface area contributed by atoms with Gasteiger partial charge in [-0.25, -0.2) is 4.68 Å². The summed E-state index contributed by atoms with van der Waals surface area (Å²) < 4.78 is 1.97. The molecule has 0 bridgehead atoms. The fourth-order valence-corrected chi connectivity index (χ4v) is 3.71. The van der Waals surface area contributed by atoms with Gasteiger partial charge in [0.2, 0.25) is 0 Å². The number of nitrogens with zero attached hydrogens (tertiary/aromatic N) is 3. The zero-order chi connectivity index (χ0) is 14.1. The first-order chi connectivity index (χ1) is 10.3. The van der Waals surface area contributed by atoms with E-state index in [1.165, 1.54) is 44.7 Å². The first-order valence-electron chi connectivity index (χ1n) is 7.86.